The van der Waals surface area contributed by atoms with E-state index in [2.05, 4.69) is 21.2 Å². The van der Waals surface area contributed by atoms with Crippen molar-refractivity contribution in [2.24, 2.45) is 5.73 Å². The van der Waals surface area contributed by atoms with Gasteiger partial charge in [0.05, 0.1) is 0 Å². The first-order valence-electron chi connectivity index (χ1n) is 5.77. The maximum atomic E-state index is 13.4. The number of hydrogen-bond acceptors (Lipinski definition) is 2. The molecule has 0 radical (unpaired) electrons. The van der Waals surface area contributed by atoms with Crippen LogP contribution in [0, 0.1) is 5.82 Å². The van der Waals surface area contributed by atoms with Crippen LogP contribution in [-0.2, 0) is 11.3 Å². The van der Waals surface area contributed by atoms with E-state index in [4.69, 9.17) is 5.73 Å². The third-order valence-electron chi connectivity index (χ3n) is 2.48. The number of halogens is 2. The number of carbonyl (C=O) groups excluding carboxylic acids is 1. The molecule has 0 saturated carbocycles. The Morgan fingerprint density at radius 3 is 2.78 bits per heavy atom. The molecule has 0 atom stereocenters. The number of carbonyl (C=O) groups is 1. The van der Waals surface area contributed by atoms with Crippen LogP contribution in [0.25, 0.3) is 0 Å². The van der Waals surface area contributed by atoms with E-state index < -0.39 is 0 Å². The molecule has 0 unspecified atom stereocenters. The van der Waals surface area contributed by atoms with Crippen molar-refractivity contribution >= 4 is 21.8 Å². The zero-order valence-electron chi connectivity index (χ0n) is 10.6. The van der Waals surface area contributed by atoms with Gasteiger partial charge in [0.25, 0.3) is 0 Å². The zero-order chi connectivity index (χ0) is 13.8. The number of benzene rings is 1. The normalized spacial score (nSPS) is 11.4. The van der Waals surface area contributed by atoms with Crippen molar-refractivity contribution in [1.29, 1.82) is 0 Å². The fraction of sp³-hybridized carbons (Fsp3) is 0.462. The summed E-state index contributed by atoms with van der Waals surface area (Å²) in [5.41, 5.74) is 5.89. The summed E-state index contributed by atoms with van der Waals surface area (Å²) in [4.78, 5) is 11.6. The largest absolute Gasteiger partial charge is 0.352 e. The van der Waals surface area contributed by atoms with Gasteiger partial charge >= 0.3 is 0 Å². The minimum atomic E-state index is -0.363. The molecule has 3 nitrogen and oxygen atoms in total. The summed E-state index contributed by atoms with van der Waals surface area (Å²) in [6.45, 7) is 3.93. The van der Waals surface area contributed by atoms with E-state index in [9.17, 15) is 9.18 Å². The number of hydrogen-bond donors (Lipinski definition) is 2. The maximum absolute atomic E-state index is 13.4. The molecule has 5 heteroatoms. The molecule has 1 rings (SSSR count). The van der Waals surface area contributed by atoms with E-state index >= 15 is 0 Å². The van der Waals surface area contributed by atoms with Crippen LogP contribution in [0.3, 0.4) is 0 Å². The maximum Gasteiger partial charge on any atom is 0.220 e. The van der Waals surface area contributed by atoms with Crippen LogP contribution < -0.4 is 11.1 Å². The first-order chi connectivity index (χ1) is 8.28. The second-order valence-corrected chi connectivity index (χ2v) is 5.92. The first kappa shape index (κ1) is 15.1. The summed E-state index contributed by atoms with van der Waals surface area (Å²) in [6.07, 6.45) is 0.943. The van der Waals surface area contributed by atoms with Gasteiger partial charge in [-0.2, -0.15) is 0 Å². The van der Waals surface area contributed by atoms with Crippen LogP contribution in [0.2, 0.25) is 0 Å². The van der Waals surface area contributed by atoms with Crippen LogP contribution in [-0.4, -0.2) is 11.4 Å². The molecule has 3 N–H and O–H groups in total. The molecule has 1 aromatic carbocycles. The second kappa shape index (κ2) is 6.29. The Balaban J connectivity index is 2.45. The molecular formula is C13H18BrFN2O. The molecule has 0 spiro atoms. The Hall–Kier alpha value is -0.940. The van der Waals surface area contributed by atoms with Crippen LogP contribution in [0.5, 0.6) is 0 Å². The molecule has 1 amide bonds. The van der Waals surface area contributed by atoms with Gasteiger partial charge in [0, 0.05) is 28.5 Å². The lowest BCUT2D eigenvalue weighted by atomic mass is 10.00. The molecule has 100 valence electrons. The van der Waals surface area contributed by atoms with E-state index in [1.165, 1.54) is 6.07 Å². The third kappa shape index (κ3) is 5.60. The minimum Gasteiger partial charge on any atom is -0.352 e. The number of amides is 1. The van der Waals surface area contributed by atoms with Crippen LogP contribution in [0.4, 0.5) is 4.39 Å². The van der Waals surface area contributed by atoms with Crippen molar-refractivity contribution < 1.29 is 9.18 Å². The smallest absolute Gasteiger partial charge is 0.220 e. The van der Waals surface area contributed by atoms with E-state index in [1.54, 1.807) is 12.1 Å². The summed E-state index contributed by atoms with van der Waals surface area (Å²) in [6, 6.07) is 4.65. The van der Waals surface area contributed by atoms with E-state index in [0.29, 0.717) is 18.4 Å². The molecule has 0 heterocycles. The lowest BCUT2D eigenvalue weighted by molar-refractivity contribution is -0.121. The monoisotopic (exact) mass is 316 g/mol. The summed E-state index contributed by atoms with van der Waals surface area (Å²) < 4.78 is 14.2. The van der Waals surface area contributed by atoms with Crippen molar-refractivity contribution in [3.8, 4) is 0 Å². The quantitative estimate of drug-likeness (QED) is 0.877. The predicted molar refractivity (Wildman–Crippen MR) is 73.4 cm³/mol. The van der Waals surface area contributed by atoms with Gasteiger partial charge in [-0.25, -0.2) is 4.39 Å². The van der Waals surface area contributed by atoms with E-state index in [0.717, 1.165) is 4.47 Å². The Labute approximate surface area is 115 Å². The number of nitrogens with two attached hydrogens (primary N) is 1. The van der Waals surface area contributed by atoms with Gasteiger partial charge < -0.3 is 11.1 Å². The van der Waals surface area contributed by atoms with E-state index in [1.807, 2.05) is 13.8 Å². The fourth-order valence-corrected chi connectivity index (χ4v) is 1.81. The van der Waals surface area contributed by atoms with Gasteiger partial charge in [0.2, 0.25) is 5.91 Å². The molecule has 0 aliphatic rings. The highest BCUT2D eigenvalue weighted by Crippen LogP contribution is 2.15. The summed E-state index contributed by atoms with van der Waals surface area (Å²) in [7, 11) is 0. The molecule has 0 saturated heterocycles. The molecule has 0 aromatic heterocycles. The van der Waals surface area contributed by atoms with Gasteiger partial charge in [0.1, 0.15) is 5.82 Å². The third-order valence-corrected chi connectivity index (χ3v) is 2.97. The highest BCUT2D eigenvalue weighted by molar-refractivity contribution is 9.10. The van der Waals surface area contributed by atoms with E-state index in [-0.39, 0.29) is 23.8 Å². The number of rotatable bonds is 5. The molecule has 0 bridgehead atoms. The van der Waals surface area contributed by atoms with Crippen LogP contribution in [0.1, 0.15) is 32.3 Å². The van der Waals surface area contributed by atoms with Crippen molar-refractivity contribution in [2.75, 3.05) is 0 Å². The van der Waals surface area contributed by atoms with Crippen molar-refractivity contribution in [3.63, 3.8) is 0 Å². The predicted octanol–water partition coefficient (Wildman–Crippen LogP) is 2.72. The fourth-order valence-electron chi connectivity index (χ4n) is 1.40. The molecule has 18 heavy (non-hydrogen) atoms. The van der Waals surface area contributed by atoms with Crippen molar-refractivity contribution in [1.82, 2.24) is 5.32 Å². The topological polar surface area (TPSA) is 55.1 Å². The standard InChI is InChI=1S/C13H18BrFN2O/c1-13(2,16)6-5-12(18)17-8-9-7-10(14)3-4-11(9)15/h3-4,7H,5-6,8,16H2,1-2H3,(H,17,18). The van der Waals surface area contributed by atoms with Crippen molar-refractivity contribution in [3.05, 3.63) is 34.1 Å². The molecular weight excluding hydrogens is 299 g/mol. The molecule has 0 fully saturated rings. The Bertz CT molecular complexity index is 429. The lowest BCUT2D eigenvalue weighted by Crippen LogP contribution is -2.34. The van der Waals surface area contributed by atoms with Crippen LogP contribution >= 0.6 is 15.9 Å². The Kier molecular flexibility index (Phi) is 5.28. The Morgan fingerprint density at radius 2 is 2.17 bits per heavy atom. The average Bonchev–Trinajstić information content (AvgIpc) is 2.26. The summed E-state index contributed by atoms with van der Waals surface area (Å²) in [5.74, 6) is -0.439. The average molecular weight is 317 g/mol. The van der Waals surface area contributed by atoms with Gasteiger partial charge in [-0.15, -0.1) is 0 Å². The Morgan fingerprint density at radius 1 is 1.50 bits per heavy atom. The van der Waals surface area contributed by atoms with Gasteiger partial charge in [0.15, 0.2) is 0 Å². The summed E-state index contributed by atoms with van der Waals surface area (Å²) >= 11 is 3.26. The minimum absolute atomic E-state index is 0.118. The highest BCUT2D eigenvalue weighted by Gasteiger charge is 2.13. The lowest BCUT2D eigenvalue weighted by Gasteiger charge is -2.17. The first-order valence-corrected chi connectivity index (χ1v) is 6.57. The molecule has 0 aliphatic heterocycles. The highest BCUT2D eigenvalue weighted by atomic mass is 79.9. The number of nitrogens with one attached hydrogen (secondary N) is 1. The van der Waals surface area contributed by atoms with Gasteiger partial charge in [-0.3, -0.25) is 4.79 Å². The van der Waals surface area contributed by atoms with Crippen molar-refractivity contribution in [2.45, 2.75) is 38.8 Å². The van der Waals surface area contributed by atoms with Gasteiger partial charge in [-0.05, 0) is 38.5 Å². The van der Waals surface area contributed by atoms with Gasteiger partial charge in [-0.1, -0.05) is 15.9 Å². The zero-order valence-corrected chi connectivity index (χ0v) is 12.2. The summed E-state index contributed by atoms with van der Waals surface area (Å²) in [5, 5.41) is 2.68. The second-order valence-electron chi connectivity index (χ2n) is 5.00. The SMILES string of the molecule is CC(C)(N)CCC(=O)NCc1cc(Br)ccc1F. The molecule has 0 aliphatic carbocycles. The molecule has 1 aromatic rings. The van der Waals surface area contributed by atoms with Crippen LogP contribution in [0.15, 0.2) is 22.7 Å².